The molecule has 2 aliphatic heterocycles. The first-order chi connectivity index (χ1) is 10.7. The molecule has 3 nitrogen and oxygen atoms in total. The van der Waals surface area contributed by atoms with E-state index in [1.54, 1.807) is 23.1 Å². The molecule has 0 saturated carbocycles. The van der Waals surface area contributed by atoms with E-state index in [2.05, 4.69) is 4.99 Å². The second-order valence-electron chi connectivity index (χ2n) is 5.52. The molecule has 6 heteroatoms. The van der Waals surface area contributed by atoms with Crippen molar-refractivity contribution in [2.75, 3.05) is 31.1 Å². The summed E-state index contributed by atoms with van der Waals surface area (Å²) in [4.78, 5) is 18.6. The summed E-state index contributed by atoms with van der Waals surface area (Å²) in [5.41, 5.74) is 0.187. The standard InChI is InChI=1S/C16H19FN2OS2/c17-14-4-2-1-3-13(14)15(20)19-8-5-12(6-9-19)11-22-16-18-7-10-21-16/h1-4,12H,5-11H2. The second kappa shape index (κ2) is 7.51. The molecule has 1 amide bonds. The number of hydrogen-bond donors (Lipinski definition) is 0. The Kier molecular flexibility index (Phi) is 5.41. The van der Waals surface area contributed by atoms with Gasteiger partial charge in [-0.15, -0.1) is 0 Å². The molecule has 0 N–H and O–H groups in total. The maximum atomic E-state index is 13.7. The molecule has 3 rings (SSSR count). The summed E-state index contributed by atoms with van der Waals surface area (Å²) in [7, 11) is 0. The number of carbonyl (C=O) groups is 1. The molecule has 2 heterocycles. The molecule has 0 unspecified atom stereocenters. The zero-order chi connectivity index (χ0) is 15.4. The van der Waals surface area contributed by atoms with E-state index in [1.807, 2.05) is 23.5 Å². The van der Waals surface area contributed by atoms with Crippen LogP contribution < -0.4 is 0 Å². The predicted molar refractivity (Wildman–Crippen MR) is 92.2 cm³/mol. The molecule has 22 heavy (non-hydrogen) atoms. The van der Waals surface area contributed by atoms with Crippen molar-refractivity contribution in [2.24, 2.45) is 10.9 Å². The Bertz CT molecular complexity index is 571. The minimum Gasteiger partial charge on any atom is -0.339 e. The fourth-order valence-corrected chi connectivity index (χ4v) is 4.92. The van der Waals surface area contributed by atoms with Crippen LogP contribution in [0.15, 0.2) is 29.3 Å². The largest absolute Gasteiger partial charge is 0.339 e. The minimum absolute atomic E-state index is 0.181. The second-order valence-corrected chi connectivity index (χ2v) is 7.87. The Morgan fingerprint density at radius 2 is 2.14 bits per heavy atom. The van der Waals surface area contributed by atoms with Crippen molar-refractivity contribution in [3.05, 3.63) is 35.6 Å². The van der Waals surface area contributed by atoms with Gasteiger partial charge in [-0.05, 0) is 30.9 Å². The fourth-order valence-electron chi connectivity index (χ4n) is 2.70. The van der Waals surface area contributed by atoms with Crippen molar-refractivity contribution in [3.8, 4) is 0 Å². The summed E-state index contributed by atoms with van der Waals surface area (Å²) in [6, 6.07) is 6.23. The summed E-state index contributed by atoms with van der Waals surface area (Å²) in [5, 5.41) is 0. The number of aliphatic imine (C=N–C) groups is 1. The van der Waals surface area contributed by atoms with Crippen LogP contribution in [0.25, 0.3) is 0 Å². The van der Waals surface area contributed by atoms with Crippen molar-refractivity contribution in [3.63, 3.8) is 0 Å². The molecule has 1 aromatic rings. The third kappa shape index (κ3) is 3.84. The number of halogens is 1. The van der Waals surface area contributed by atoms with Crippen LogP contribution in [0.3, 0.4) is 0 Å². The first-order valence-corrected chi connectivity index (χ1v) is 9.55. The van der Waals surface area contributed by atoms with Crippen molar-refractivity contribution < 1.29 is 9.18 Å². The van der Waals surface area contributed by atoms with E-state index in [-0.39, 0.29) is 11.5 Å². The highest BCUT2D eigenvalue weighted by molar-refractivity contribution is 8.39. The Morgan fingerprint density at radius 1 is 1.36 bits per heavy atom. The van der Waals surface area contributed by atoms with Crippen molar-refractivity contribution >= 4 is 33.8 Å². The zero-order valence-electron chi connectivity index (χ0n) is 12.3. The Labute approximate surface area is 138 Å². The summed E-state index contributed by atoms with van der Waals surface area (Å²) in [6.45, 7) is 2.39. The topological polar surface area (TPSA) is 32.7 Å². The van der Waals surface area contributed by atoms with E-state index in [0.29, 0.717) is 5.92 Å². The summed E-state index contributed by atoms with van der Waals surface area (Å²) in [5.74, 6) is 2.20. The first-order valence-electron chi connectivity index (χ1n) is 7.58. The maximum absolute atomic E-state index is 13.7. The lowest BCUT2D eigenvalue weighted by Gasteiger charge is -2.32. The average molecular weight is 338 g/mol. The first kappa shape index (κ1) is 15.9. The summed E-state index contributed by atoms with van der Waals surface area (Å²) >= 11 is 3.69. The summed E-state index contributed by atoms with van der Waals surface area (Å²) < 4.78 is 14.9. The van der Waals surface area contributed by atoms with Crippen LogP contribution in [0.4, 0.5) is 4.39 Å². The number of piperidine rings is 1. The van der Waals surface area contributed by atoms with Crippen LogP contribution >= 0.6 is 23.5 Å². The Morgan fingerprint density at radius 3 is 2.82 bits per heavy atom. The third-order valence-electron chi connectivity index (χ3n) is 4.01. The van der Waals surface area contributed by atoms with Gasteiger partial charge in [-0.2, -0.15) is 0 Å². The number of carbonyl (C=O) groups excluding carboxylic acids is 1. The van der Waals surface area contributed by atoms with Gasteiger partial charge in [-0.25, -0.2) is 4.39 Å². The normalized spacial score (nSPS) is 19.3. The molecule has 1 saturated heterocycles. The lowest BCUT2D eigenvalue weighted by atomic mass is 9.98. The molecule has 0 spiro atoms. The Hall–Kier alpha value is -1.01. The van der Waals surface area contributed by atoms with Crippen LogP contribution in [0.1, 0.15) is 23.2 Å². The Balaban J connectivity index is 1.49. The van der Waals surface area contributed by atoms with Crippen molar-refractivity contribution in [2.45, 2.75) is 12.8 Å². The molecule has 1 aromatic carbocycles. The van der Waals surface area contributed by atoms with E-state index in [9.17, 15) is 9.18 Å². The van der Waals surface area contributed by atoms with Crippen LogP contribution in [0, 0.1) is 11.7 Å². The van der Waals surface area contributed by atoms with Gasteiger partial charge < -0.3 is 4.90 Å². The van der Waals surface area contributed by atoms with E-state index in [0.717, 1.165) is 44.0 Å². The lowest BCUT2D eigenvalue weighted by molar-refractivity contribution is 0.0694. The van der Waals surface area contributed by atoms with Gasteiger partial charge in [0.2, 0.25) is 0 Å². The SMILES string of the molecule is O=C(c1ccccc1F)N1CCC(CSC2=NCCS2)CC1. The van der Waals surface area contributed by atoms with Crippen LogP contribution in [-0.2, 0) is 0 Å². The number of nitrogens with zero attached hydrogens (tertiary/aromatic N) is 2. The molecule has 0 atom stereocenters. The number of benzene rings is 1. The molecule has 0 aromatic heterocycles. The van der Waals surface area contributed by atoms with Gasteiger partial charge in [0, 0.05) is 24.6 Å². The molecular formula is C16H19FN2OS2. The highest BCUT2D eigenvalue weighted by Crippen LogP contribution is 2.28. The smallest absolute Gasteiger partial charge is 0.256 e. The van der Waals surface area contributed by atoms with E-state index in [1.165, 1.54) is 10.4 Å². The molecule has 1 fully saturated rings. The average Bonchev–Trinajstić information content (AvgIpc) is 3.07. The number of hydrogen-bond acceptors (Lipinski definition) is 4. The van der Waals surface area contributed by atoms with Crippen LogP contribution in [0.2, 0.25) is 0 Å². The minimum atomic E-state index is -0.429. The molecular weight excluding hydrogens is 319 g/mol. The highest BCUT2D eigenvalue weighted by Gasteiger charge is 2.25. The third-order valence-corrected chi connectivity index (χ3v) is 6.49. The van der Waals surface area contributed by atoms with Crippen LogP contribution in [0.5, 0.6) is 0 Å². The molecule has 0 bridgehead atoms. The van der Waals surface area contributed by atoms with Gasteiger partial charge >= 0.3 is 0 Å². The van der Waals surface area contributed by atoms with Crippen molar-refractivity contribution in [1.29, 1.82) is 0 Å². The van der Waals surface area contributed by atoms with Gasteiger partial charge in [-0.1, -0.05) is 35.7 Å². The van der Waals surface area contributed by atoms with E-state index in [4.69, 9.17) is 0 Å². The van der Waals surface area contributed by atoms with Gasteiger partial charge in [-0.3, -0.25) is 9.79 Å². The molecule has 2 aliphatic rings. The van der Waals surface area contributed by atoms with Gasteiger partial charge in [0.1, 0.15) is 10.2 Å². The number of likely N-dealkylation sites (tertiary alicyclic amines) is 1. The quantitative estimate of drug-likeness (QED) is 0.845. The van der Waals surface area contributed by atoms with Crippen molar-refractivity contribution in [1.82, 2.24) is 4.90 Å². The number of thioether (sulfide) groups is 2. The number of amides is 1. The number of rotatable bonds is 3. The molecule has 0 radical (unpaired) electrons. The molecule has 118 valence electrons. The predicted octanol–water partition coefficient (Wildman–Crippen LogP) is 3.51. The van der Waals surface area contributed by atoms with E-state index < -0.39 is 5.82 Å². The van der Waals surface area contributed by atoms with Crippen LogP contribution in [-0.4, -0.2) is 46.3 Å². The van der Waals surface area contributed by atoms with E-state index >= 15 is 0 Å². The lowest BCUT2D eigenvalue weighted by Crippen LogP contribution is -2.39. The fraction of sp³-hybridized carbons (Fsp3) is 0.500. The maximum Gasteiger partial charge on any atom is 0.256 e. The van der Waals surface area contributed by atoms with Gasteiger partial charge in [0.25, 0.3) is 5.91 Å². The van der Waals surface area contributed by atoms with Gasteiger partial charge in [0.15, 0.2) is 0 Å². The zero-order valence-corrected chi connectivity index (χ0v) is 14.0. The highest BCUT2D eigenvalue weighted by atomic mass is 32.2. The molecule has 0 aliphatic carbocycles. The summed E-state index contributed by atoms with van der Waals surface area (Å²) in [6.07, 6.45) is 1.98. The monoisotopic (exact) mass is 338 g/mol. The van der Waals surface area contributed by atoms with Gasteiger partial charge in [0.05, 0.1) is 12.1 Å².